The van der Waals surface area contributed by atoms with Crippen molar-refractivity contribution in [3.8, 4) is 0 Å². The molecule has 1 heterocycles. The molecule has 2 rings (SSSR count). The van der Waals surface area contributed by atoms with Gasteiger partial charge in [0.05, 0.1) is 12.1 Å². The summed E-state index contributed by atoms with van der Waals surface area (Å²) >= 11 is 0. The molecule has 1 aliphatic carbocycles. The van der Waals surface area contributed by atoms with E-state index >= 15 is 0 Å². The molecule has 18 heavy (non-hydrogen) atoms. The van der Waals surface area contributed by atoms with Gasteiger partial charge < -0.3 is 16.2 Å². The van der Waals surface area contributed by atoms with E-state index in [2.05, 4.69) is 15.3 Å². The van der Waals surface area contributed by atoms with Crippen molar-refractivity contribution < 1.29 is 5.11 Å². The Bertz CT molecular complexity index is 435. The van der Waals surface area contributed by atoms with Gasteiger partial charge in [-0.3, -0.25) is 0 Å². The summed E-state index contributed by atoms with van der Waals surface area (Å²) in [6.07, 6.45) is 3.10. The van der Waals surface area contributed by atoms with E-state index in [9.17, 15) is 5.11 Å². The summed E-state index contributed by atoms with van der Waals surface area (Å²) < 4.78 is 0. The Labute approximate surface area is 108 Å². The van der Waals surface area contributed by atoms with E-state index in [0.717, 1.165) is 36.5 Å². The zero-order chi connectivity index (χ0) is 13.3. The quantitative estimate of drug-likeness (QED) is 0.759. The first-order valence-corrected chi connectivity index (χ1v) is 6.50. The number of hydrogen-bond acceptors (Lipinski definition) is 5. The summed E-state index contributed by atoms with van der Waals surface area (Å²) in [5.41, 5.74) is 6.58. The Balaban J connectivity index is 2.31. The molecule has 0 spiro atoms. The third-order valence-electron chi connectivity index (χ3n) is 3.71. The summed E-state index contributed by atoms with van der Waals surface area (Å²) in [7, 11) is 0. The second-order valence-corrected chi connectivity index (χ2v) is 5.51. The second kappa shape index (κ2) is 4.72. The minimum atomic E-state index is -0.209. The standard InChI is InChI=1S/C13H22N4O/c1-8(2)11-15-10(14)9(3)12(16-11)17-13(7-18)5-4-6-13/h8,18H,4-7H2,1-3H3,(H3,14,15,16,17). The minimum absolute atomic E-state index is 0.132. The second-order valence-electron chi connectivity index (χ2n) is 5.51. The van der Waals surface area contributed by atoms with Crippen LogP contribution in [0.3, 0.4) is 0 Å². The highest BCUT2D eigenvalue weighted by molar-refractivity contribution is 5.56. The van der Waals surface area contributed by atoms with Crippen LogP contribution < -0.4 is 11.1 Å². The number of rotatable bonds is 4. The van der Waals surface area contributed by atoms with Gasteiger partial charge in [-0.05, 0) is 26.2 Å². The maximum atomic E-state index is 9.50. The van der Waals surface area contributed by atoms with Gasteiger partial charge in [-0.2, -0.15) is 0 Å². The predicted octanol–water partition coefficient (Wildman–Crippen LogP) is 1.82. The molecule has 0 atom stereocenters. The van der Waals surface area contributed by atoms with E-state index in [4.69, 9.17) is 5.73 Å². The molecule has 0 bridgehead atoms. The zero-order valence-corrected chi connectivity index (χ0v) is 11.3. The van der Waals surface area contributed by atoms with Crippen molar-refractivity contribution in [3.63, 3.8) is 0 Å². The monoisotopic (exact) mass is 250 g/mol. The molecule has 1 aliphatic rings. The van der Waals surface area contributed by atoms with Crippen molar-refractivity contribution in [1.29, 1.82) is 0 Å². The van der Waals surface area contributed by atoms with Crippen molar-refractivity contribution >= 4 is 11.6 Å². The molecule has 1 saturated carbocycles. The van der Waals surface area contributed by atoms with E-state index in [1.807, 2.05) is 20.8 Å². The van der Waals surface area contributed by atoms with Crippen LogP contribution in [0.5, 0.6) is 0 Å². The van der Waals surface area contributed by atoms with Crippen molar-refractivity contribution in [2.45, 2.75) is 51.5 Å². The molecule has 5 heteroatoms. The smallest absolute Gasteiger partial charge is 0.135 e. The fourth-order valence-corrected chi connectivity index (χ4v) is 2.11. The fraction of sp³-hybridized carbons (Fsp3) is 0.692. The summed E-state index contributed by atoms with van der Waals surface area (Å²) in [6.45, 7) is 6.12. The van der Waals surface area contributed by atoms with Crippen LogP contribution in [0.25, 0.3) is 0 Å². The molecule has 0 radical (unpaired) electrons. The van der Waals surface area contributed by atoms with Crippen molar-refractivity contribution in [2.24, 2.45) is 0 Å². The summed E-state index contributed by atoms with van der Waals surface area (Å²) in [5.74, 6) is 2.26. The number of aromatic nitrogens is 2. The third-order valence-corrected chi connectivity index (χ3v) is 3.71. The lowest BCUT2D eigenvalue weighted by Crippen LogP contribution is -2.48. The Morgan fingerprint density at radius 1 is 1.39 bits per heavy atom. The maximum absolute atomic E-state index is 9.50. The topological polar surface area (TPSA) is 84.1 Å². The SMILES string of the molecule is Cc1c(N)nc(C(C)C)nc1NC1(CO)CCC1. The van der Waals surface area contributed by atoms with Gasteiger partial charge in [-0.15, -0.1) is 0 Å². The summed E-state index contributed by atoms with van der Waals surface area (Å²) in [6, 6.07) is 0. The molecule has 0 unspecified atom stereocenters. The van der Waals surface area contributed by atoms with Gasteiger partial charge in [-0.25, -0.2) is 9.97 Å². The van der Waals surface area contributed by atoms with E-state index in [1.54, 1.807) is 0 Å². The van der Waals surface area contributed by atoms with Gasteiger partial charge in [0.25, 0.3) is 0 Å². The number of nitrogens with zero attached hydrogens (tertiary/aromatic N) is 2. The first-order chi connectivity index (χ1) is 8.47. The summed E-state index contributed by atoms with van der Waals surface area (Å²) in [4.78, 5) is 8.83. The number of aliphatic hydroxyl groups is 1. The van der Waals surface area contributed by atoms with Crippen LogP contribution >= 0.6 is 0 Å². The summed E-state index contributed by atoms with van der Waals surface area (Å²) in [5, 5.41) is 12.9. The van der Waals surface area contributed by atoms with Gasteiger partial charge in [0.1, 0.15) is 17.5 Å². The molecule has 0 saturated heterocycles. The van der Waals surface area contributed by atoms with Crippen molar-refractivity contribution in [3.05, 3.63) is 11.4 Å². The molecule has 0 amide bonds. The molecule has 0 aliphatic heterocycles. The molecule has 4 N–H and O–H groups in total. The average molecular weight is 250 g/mol. The molecule has 5 nitrogen and oxygen atoms in total. The van der Waals surface area contributed by atoms with E-state index in [0.29, 0.717) is 5.82 Å². The number of nitrogens with one attached hydrogen (secondary N) is 1. The highest BCUT2D eigenvalue weighted by atomic mass is 16.3. The number of aliphatic hydroxyl groups excluding tert-OH is 1. The molecule has 1 aromatic heterocycles. The van der Waals surface area contributed by atoms with Crippen LogP contribution in [0.2, 0.25) is 0 Å². The lowest BCUT2D eigenvalue weighted by molar-refractivity contribution is 0.143. The van der Waals surface area contributed by atoms with E-state index < -0.39 is 0 Å². The van der Waals surface area contributed by atoms with Gasteiger partial charge in [0.2, 0.25) is 0 Å². The highest BCUT2D eigenvalue weighted by Gasteiger charge is 2.37. The van der Waals surface area contributed by atoms with Crippen LogP contribution in [-0.2, 0) is 0 Å². The molecule has 100 valence electrons. The number of hydrogen-bond donors (Lipinski definition) is 3. The number of nitrogens with two attached hydrogens (primary N) is 1. The van der Waals surface area contributed by atoms with Crippen LogP contribution in [0.15, 0.2) is 0 Å². The average Bonchev–Trinajstić information content (AvgIpc) is 2.28. The largest absolute Gasteiger partial charge is 0.394 e. The first-order valence-electron chi connectivity index (χ1n) is 6.50. The third kappa shape index (κ3) is 2.27. The number of nitrogen functional groups attached to an aromatic ring is 1. The van der Waals surface area contributed by atoms with Crippen LogP contribution in [0.1, 0.15) is 50.4 Å². The van der Waals surface area contributed by atoms with Crippen molar-refractivity contribution in [1.82, 2.24) is 9.97 Å². The van der Waals surface area contributed by atoms with Gasteiger partial charge in [0.15, 0.2) is 0 Å². The van der Waals surface area contributed by atoms with Gasteiger partial charge >= 0.3 is 0 Å². The van der Waals surface area contributed by atoms with Crippen LogP contribution in [0, 0.1) is 6.92 Å². The van der Waals surface area contributed by atoms with Crippen LogP contribution in [0.4, 0.5) is 11.6 Å². The number of anilines is 2. The maximum Gasteiger partial charge on any atom is 0.135 e. The lowest BCUT2D eigenvalue weighted by Gasteiger charge is -2.41. The van der Waals surface area contributed by atoms with Crippen molar-refractivity contribution in [2.75, 3.05) is 17.7 Å². The first kappa shape index (κ1) is 13.1. The van der Waals surface area contributed by atoms with Gasteiger partial charge in [-0.1, -0.05) is 13.8 Å². The molecule has 1 aromatic rings. The van der Waals surface area contributed by atoms with E-state index in [-0.39, 0.29) is 18.1 Å². The van der Waals surface area contributed by atoms with E-state index in [1.165, 1.54) is 0 Å². The Morgan fingerprint density at radius 2 is 2.06 bits per heavy atom. The van der Waals surface area contributed by atoms with Crippen LogP contribution in [-0.4, -0.2) is 27.2 Å². The molecule has 1 fully saturated rings. The Hall–Kier alpha value is -1.36. The Morgan fingerprint density at radius 3 is 2.50 bits per heavy atom. The Kier molecular flexibility index (Phi) is 3.43. The fourth-order valence-electron chi connectivity index (χ4n) is 2.11. The highest BCUT2D eigenvalue weighted by Crippen LogP contribution is 2.35. The normalized spacial score (nSPS) is 17.6. The molecular weight excluding hydrogens is 228 g/mol. The molecule has 0 aromatic carbocycles. The zero-order valence-electron chi connectivity index (χ0n) is 11.3. The molecular formula is C13H22N4O. The lowest BCUT2D eigenvalue weighted by atomic mass is 9.77. The minimum Gasteiger partial charge on any atom is -0.394 e. The van der Waals surface area contributed by atoms with Gasteiger partial charge in [0, 0.05) is 11.5 Å². The predicted molar refractivity (Wildman–Crippen MR) is 72.6 cm³/mol.